The molecule has 3 aromatic rings. The van der Waals surface area contributed by atoms with E-state index in [0.29, 0.717) is 10.0 Å². The zero-order valence-corrected chi connectivity index (χ0v) is 17.6. The number of hydrogen-bond acceptors (Lipinski definition) is 4. The van der Waals surface area contributed by atoms with Crippen LogP contribution in [-0.2, 0) is 6.54 Å². The highest BCUT2D eigenvalue weighted by atomic mass is 35.5. The third kappa shape index (κ3) is 3.88. The van der Waals surface area contributed by atoms with Gasteiger partial charge in [-0.15, -0.1) is 0 Å². The molecular formula is C21H23Cl2N5. The number of aryl methyl sites for hydroxylation is 1. The summed E-state index contributed by atoms with van der Waals surface area (Å²) < 4.78 is 1.94. The van der Waals surface area contributed by atoms with Crippen molar-refractivity contribution in [3.63, 3.8) is 0 Å². The van der Waals surface area contributed by atoms with Gasteiger partial charge in [-0.1, -0.05) is 35.3 Å². The Morgan fingerprint density at radius 2 is 1.75 bits per heavy atom. The van der Waals surface area contributed by atoms with Crippen molar-refractivity contribution in [3.05, 3.63) is 69.6 Å². The van der Waals surface area contributed by atoms with Gasteiger partial charge < -0.3 is 4.90 Å². The molecule has 1 fully saturated rings. The molecule has 3 heterocycles. The van der Waals surface area contributed by atoms with Gasteiger partial charge in [0.2, 0.25) is 0 Å². The Morgan fingerprint density at radius 3 is 2.43 bits per heavy atom. The standard InChI is InChI=1S/C21H23Cl2N5/c1-15-21(16(2)28(25-15)20-5-3-4-8-24-20)27-11-9-26(10-12-27)14-17-6-7-18(22)19(23)13-17/h3-8,13H,9-12,14H2,1-2H3. The van der Waals surface area contributed by atoms with Crippen molar-refractivity contribution in [2.45, 2.75) is 20.4 Å². The van der Waals surface area contributed by atoms with Gasteiger partial charge in [-0.2, -0.15) is 5.10 Å². The molecule has 0 bridgehead atoms. The van der Waals surface area contributed by atoms with Crippen LogP contribution in [0.5, 0.6) is 0 Å². The zero-order valence-electron chi connectivity index (χ0n) is 16.1. The van der Waals surface area contributed by atoms with Crippen molar-refractivity contribution in [2.75, 3.05) is 31.1 Å². The van der Waals surface area contributed by atoms with Crippen molar-refractivity contribution in [1.29, 1.82) is 0 Å². The average molecular weight is 416 g/mol. The van der Waals surface area contributed by atoms with Crippen LogP contribution in [0.4, 0.5) is 5.69 Å². The van der Waals surface area contributed by atoms with E-state index in [1.165, 1.54) is 11.3 Å². The predicted octanol–water partition coefficient (Wildman–Crippen LogP) is 4.51. The van der Waals surface area contributed by atoms with E-state index in [1.807, 2.05) is 41.1 Å². The molecule has 0 N–H and O–H groups in total. The molecule has 0 amide bonds. The summed E-state index contributed by atoms with van der Waals surface area (Å²) in [4.78, 5) is 9.32. The van der Waals surface area contributed by atoms with Gasteiger partial charge in [0.25, 0.3) is 0 Å². The molecule has 7 heteroatoms. The maximum Gasteiger partial charge on any atom is 0.153 e. The van der Waals surface area contributed by atoms with Crippen molar-refractivity contribution in [1.82, 2.24) is 19.7 Å². The second-order valence-electron chi connectivity index (χ2n) is 7.13. The fraction of sp³-hybridized carbons (Fsp3) is 0.333. The summed E-state index contributed by atoms with van der Waals surface area (Å²) in [7, 11) is 0. The molecule has 4 rings (SSSR count). The molecule has 28 heavy (non-hydrogen) atoms. The van der Waals surface area contributed by atoms with E-state index in [0.717, 1.165) is 49.9 Å². The molecule has 0 aliphatic carbocycles. The number of nitrogens with zero attached hydrogens (tertiary/aromatic N) is 5. The molecule has 0 unspecified atom stereocenters. The summed E-state index contributed by atoms with van der Waals surface area (Å²) in [5.74, 6) is 0.854. The van der Waals surface area contributed by atoms with Gasteiger partial charge in [-0.05, 0) is 43.7 Å². The lowest BCUT2D eigenvalue weighted by molar-refractivity contribution is 0.249. The summed E-state index contributed by atoms with van der Waals surface area (Å²) >= 11 is 12.2. The quantitative estimate of drug-likeness (QED) is 0.627. The van der Waals surface area contributed by atoms with Gasteiger partial charge in [0.15, 0.2) is 5.82 Å². The maximum absolute atomic E-state index is 6.15. The number of rotatable bonds is 4. The number of anilines is 1. The van der Waals surface area contributed by atoms with E-state index in [1.54, 1.807) is 6.20 Å². The first-order chi connectivity index (χ1) is 13.5. The number of hydrogen-bond donors (Lipinski definition) is 0. The minimum atomic E-state index is 0.603. The van der Waals surface area contributed by atoms with Crippen LogP contribution in [0.25, 0.3) is 5.82 Å². The Hall–Kier alpha value is -2.08. The highest BCUT2D eigenvalue weighted by Crippen LogP contribution is 2.28. The van der Waals surface area contributed by atoms with Gasteiger partial charge in [0.1, 0.15) is 0 Å². The van der Waals surface area contributed by atoms with Crippen LogP contribution in [-0.4, -0.2) is 45.8 Å². The Bertz CT molecular complexity index is 962. The van der Waals surface area contributed by atoms with Crippen molar-refractivity contribution in [2.24, 2.45) is 0 Å². The Kier molecular flexibility index (Phi) is 5.58. The predicted molar refractivity (Wildman–Crippen MR) is 115 cm³/mol. The minimum Gasteiger partial charge on any atom is -0.366 e. The lowest BCUT2D eigenvalue weighted by atomic mass is 10.2. The van der Waals surface area contributed by atoms with Crippen LogP contribution >= 0.6 is 23.2 Å². The summed E-state index contributed by atoms with van der Waals surface area (Å²) in [6.45, 7) is 9.00. The smallest absolute Gasteiger partial charge is 0.153 e. The van der Waals surface area contributed by atoms with Crippen molar-refractivity contribution >= 4 is 28.9 Å². The van der Waals surface area contributed by atoms with E-state index in [9.17, 15) is 0 Å². The number of benzene rings is 1. The van der Waals surface area contributed by atoms with Crippen LogP contribution in [0.15, 0.2) is 42.6 Å². The lowest BCUT2D eigenvalue weighted by Crippen LogP contribution is -2.46. The van der Waals surface area contributed by atoms with Crippen LogP contribution in [0, 0.1) is 13.8 Å². The normalized spacial score (nSPS) is 15.2. The van der Waals surface area contributed by atoms with E-state index in [4.69, 9.17) is 28.3 Å². The second-order valence-corrected chi connectivity index (χ2v) is 7.95. The maximum atomic E-state index is 6.15. The van der Waals surface area contributed by atoms with Crippen LogP contribution in [0.2, 0.25) is 10.0 Å². The average Bonchev–Trinajstić information content (AvgIpc) is 3.00. The topological polar surface area (TPSA) is 37.2 Å². The minimum absolute atomic E-state index is 0.603. The first-order valence-electron chi connectivity index (χ1n) is 9.42. The van der Waals surface area contributed by atoms with Gasteiger partial charge in [-0.3, -0.25) is 4.90 Å². The molecule has 2 aromatic heterocycles. The molecule has 1 aromatic carbocycles. The van der Waals surface area contributed by atoms with Gasteiger partial charge in [0.05, 0.1) is 27.1 Å². The third-order valence-electron chi connectivity index (χ3n) is 5.20. The Balaban J connectivity index is 1.45. The molecule has 5 nitrogen and oxygen atoms in total. The molecule has 1 saturated heterocycles. The van der Waals surface area contributed by atoms with E-state index >= 15 is 0 Å². The van der Waals surface area contributed by atoms with Gasteiger partial charge >= 0.3 is 0 Å². The number of piperazine rings is 1. The number of halogens is 2. The lowest BCUT2D eigenvalue weighted by Gasteiger charge is -2.36. The summed E-state index contributed by atoms with van der Waals surface area (Å²) in [6, 6.07) is 11.8. The molecule has 0 radical (unpaired) electrons. The number of pyridine rings is 1. The molecule has 146 valence electrons. The zero-order chi connectivity index (χ0) is 19.7. The van der Waals surface area contributed by atoms with Gasteiger partial charge in [-0.25, -0.2) is 9.67 Å². The third-order valence-corrected chi connectivity index (χ3v) is 5.94. The Labute approximate surface area is 175 Å². The molecule has 0 saturated carbocycles. The summed E-state index contributed by atoms with van der Waals surface area (Å²) in [5, 5.41) is 5.95. The second kappa shape index (κ2) is 8.11. The fourth-order valence-corrected chi connectivity index (χ4v) is 4.14. The molecule has 1 aliphatic rings. The first-order valence-corrected chi connectivity index (χ1v) is 10.2. The monoisotopic (exact) mass is 415 g/mol. The van der Waals surface area contributed by atoms with Crippen molar-refractivity contribution in [3.8, 4) is 5.82 Å². The fourth-order valence-electron chi connectivity index (χ4n) is 3.82. The molecule has 0 spiro atoms. The van der Waals surface area contributed by atoms with E-state index in [2.05, 4.69) is 28.6 Å². The highest BCUT2D eigenvalue weighted by Gasteiger charge is 2.23. The summed E-state index contributed by atoms with van der Waals surface area (Å²) in [5.41, 5.74) is 4.59. The van der Waals surface area contributed by atoms with Crippen molar-refractivity contribution < 1.29 is 0 Å². The highest BCUT2D eigenvalue weighted by molar-refractivity contribution is 6.42. The van der Waals surface area contributed by atoms with Gasteiger partial charge in [0, 0.05) is 38.9 Å². The first kappa shape index (κ1) is 19.2. The largest absolute Gasteiger partial charge is 0.366 e. The van der Waals surface area contributed by atoms with Crippen LogP contribution in [0.1, 0.15) is 17.0 Å². The Morgan fingerprint density at radius 1 is 0.964 bits per heavy atom. The molecular weight excluding hydrogens is 393 g/mol. The molecule has 1 aliphatic heterocycles. The van der Waals surface area contributed by atoms with Crippen LogP contribution < -0.4 is 4.90 Å². The molecule has 0 atom stereocenters. The van der Waals surface area contributed by atoms with E-state index < -0.39 is 0 Å². The SMILES string of the molecule is Cc1nn(-c2ccccn2)c(C)c1N1CCN(Cc2ccc(Cl)c(Cl)c2)CC1. The van der Waals surface area contributed by atoms with E-state index in [-0.39, 0.29) is 0 Å². The number of aromatic nitrogens is 3. The summed E-state index contributed by atoms with van der Waals surface area (Å²) in [6.07, 6.45) is 1.80. The van der Waals surface area contributed by atoms with Crippen LogP contribution in [0.3, 0.4) is 0 Å².